The van der Waals surface area contributed by atoms with Gasteiger partial charge >= 0.3 is 0 Å². The molecule has 2 aliphatic rings. The average molecular weight is 224 g/mol. The summed E-state index contributed by atoms with van der Waals surface area (Å²) in [4.78, 5) is 2.59. The minimum atomic E-state index is 0.821. The Morgan fingerprint density at radius 1 is 1.00 bits per heavy atom. The topological polar surface area (TPSA) is 15.3 Å². The van der Waals surface area contributed by atoms with E-state index in [9.17, 15) is 0 Å². The van der Waals surface area contributed by atoms with Crippen LogP contribution in [0.4, 0.5) is 0 Å². The van der Waals surface area contributed by atoms with Gasteiger partial charge in [0, 0.05) is 18.6 Å². The molecule has 0 aliphatic heterocycles. The number of hydrogen-bond donors (Lipinski definition) is 1. The van der Waals surface area contributed by atoms with Crippen LogP contribution in [0.5, 0.6) is 0 Å². The summed E-state index contributed by atoms with van der Waals surface area (Å²) in [7, 11) is 0. The van der Waals surface area contributed by atoms with Crippen molar-refractivity contribution in [3.63, 3.8) is 0 Å². The zero-order chi connectivity index (χ0) is 11.4. The summed E-state index contributed by atoms with van der Waals surface area (Å²) in [6.45, 7) is 8.31. The molecular weight excluding hydrogens is 196 g/mol. The quantitative estimate of drug-likeness (QED) is 0.746. The van der Waals surface area contributed by atoms with Gasteiger partial charge in [0.1, 0.15) is 0 Å². The van der Waals surface area contributed by atoms with Gasteiger partial charge in [-0.15, -0.1) is 0 Å². The van der Waals surface area contributed by atoms with Gasteiger partial charge in [-0.05, 0) is 44.7 Å². The van der Waals surface area contributed by atoms with E-state index < -0.39 is 0 Å². The highest BCUT2D eigenvalue weighted by molar-refractivity contribution is 4.90. The normalized spacial score (nSPS) is 30.9. The lowest BCUT2D eigenvalue weighted by atomic mass is 9.84. The third-order valence-electron chi connectivity index (χ3n) is 4.32. The zero-order valence-corrected chi connectivity index (χ0v) is 11.0. The number of nitrogens with zero attached hydrogens (tertiary/aromatic N) is 1. The molecule has 2 aliphatic carbocycles. The average Bonchev–Trinajstić information content (AvgIpc) is 3.12. The standard InChI is InChI=1S/C14H28N2/c1-3-16(4-2)11-12-7-5-6-8-14(12)15-13-9-10-13/h12-15H,3-11H2,1-2H3. The summed E-state index contributed by atoms with van der Waals surface area (Å²) in [5.74, 6) is 0.911. The lowest BCUT2D eigenvalue weighted by Gasteiger charge is -2.35. The number of nitrogens with one attached hydrogen (secondary N) is 1. The van der Waals surface area contributed by atoms with Crippen molar-refractivity contribution < 1.29 is 0 Å². The number of rotatable bonds is 6. The smallest absolute Gasteiger partial charge is 0.0110 e. The van der Waals surface area contributed by atoms with Gasteiger partial charge in [0.2, 0.25) is 0 Å². The van der Waals surface area contributed by atoms with Crippen molar-refractivity contribution in [3.8, 4) is 0 Å². The van der Waals surface area contributed by atoms with Crippen molar-refractivity contribution in [1.82, 2.24) is 10.2 Å². The molecule has 2 fully saturated rings. The minimum absolute atomic E-state index is 0.821. The van der Waals surface area contributed by atoms with Gasteiger partial charge in [0.15, 0.2) is 0 Å². The molecule has 0 radical (unpaired) electrons. The molecule has 2 heteroatoms. The van der Waals surface area contributed by atoms with Gasteiger partial charge < -0.3 is 10.2 Å². The fourth-order valence-electron chi connectivity index (χ4n) is 3.01. The summed E-state index contributed by atoms with van der Waals surface area (Å²) in [6, 6.07) is 1.70. The van der Waals surface area contributed by atoms with Gasteiger partial charge in [-0.1, -0.05) is 26.7 Å². The molecule has 0 heterocycles. The second-order valence-electron chi connectivity index (χ2n) is 5.58. The Hall–Kier alpha value is -0.0800. The van der Waals surface area contributed by atoms with Crippen molar-refractivity contribution in [2.75, 3.05) is 19.6 Å². The summed E-state index contributed by atoms with van der Waals surface area (Å²) < 4.78 is 0. The number of hydrogen-bond acceptors (Lipinski definition) is 2. The van der Waals surface area contributed by atoms with Crippen LogP contribution in [0.3, 0.4) is 0 Å². The van der Waals surface area contributed by atoms with Crippen LogP contribution in [0, 0.1) is 5.92 Å². The Balaban J connectivity index is 1.82. The minimum Gasteiger partial charge on any atom is -0.311 e. The lowest BCUT2D eigenvalue weighted by Crippen LogP contribution is -2.45. The predicted octanol–water partition coefficient (Wildman–Crippen LogP) is 2.64. The third-order valence-corrected chi connectivity index (χ3v) is 4.32. The van der Waals surface area contributed by atoms with E-state index in [0.717, 1.165) is 18.0 Å². The van der Waals surface area contributed by atoms with Crippen LogP contribution in [-0.2, 0) is 0 Å². The summed E-state index contributed by atoms with van der Waals surface area (Å²) in [5, 5.41) is 3.87. The molecule has 2 saturated carbocycles. The summed E-state index contributed by atoms with van der Waals surface area (Å²) in [6.07, 6.45) is 8.61. The first-order chi connectivity index (χ1) is 7.83. The first kappa shape index (κ1) is 12.4. The van der Waals surface area contributed by atoms with E-state index in [0.29, 0.717) is 0 Å². The van der Waals surface area contributed by atoms with Gasteiger partial charge in [-0.3, -0.25) is 0 Å². The first-order valence-corrected chi connectivity index (χ1v) is 7.31. The van der Waals surface area contributed by atoms with E-state index in [-0.39, 0.29) is 0 Å². The predicted molar refractivity (Wildman–Crippen MR) is 69.7 cm³/mol. The SMILES string of the molecule is CCN(CC)CC1CCCCC1NC1CC1. The molecule has 0 aromatic rings. The molecule has 0 saturated heterocycles. The van der Waals surface area contributed by atoms with Crippen LogP contribution in [0.2, 0.25) is 0 Å². The van der Waals surface area contributed by atoms with Crippen molar-refractivity contribution in [1.29, 1.82) is 0 Å². The van der Waals surface area contributed by atoms with E-state index in [1.807, 2.05) is 0 Å². The largest absolute Gasteiger partial charge is 0.311 e. The van der Waals surface area contributed by atoms with E-state index in [2.05, 4.69) is 24.1 Å². The van der Waals surface area contributed by atoms with Crippen LogP contribution in [0.15, 0.2) is 0 Å². The Kier molecular flexibility index (Phi) is 4.66. The Bertz CT molecular complexity index is 197. The maximum absolute atomic E-state index is 3.87. The lowest BCUT2D eigenvalue weighted by molar-refractivity contribution is 0.176. The molecule has 2 nitrogen and oxygen atoms in total. The van der Waals surface area contributed by atoms with Crippen LogP contribution >= 0.6 is 0 Å². The molecule has 2 rings (SSSR count). The maximum atomic E-state index is 3.87. The van der Waals surface area contributed by atoms with Crippen LogP contribution < -0.4 is 5.32 Å². The van der Waals surface area contributed by atoms with Crippen LogP contribution in [0.25, 0.3) is 0 Å². The first-order valence-electron chi connectivity index (χ1n) is 7.31. The van der Waals surface area contributed by atoms with Gasteiger partial charge in [-0.2, -0.15) is 0 Å². The second kappa shape index (κ2) is 6.02. The highest BCUT2D eigenvalue weighted by Gasteiger charge is 2.31. The monoisotopic (exact) mass is 224 g/mol. The van der Waals surface area contributed by atoms with E-state index in [1.54, 1.807) is 0 Å². The van der Waals surface area contributed by atoms with E-state index in [4.69, 9.17) is 0 Å². The molecule has 94 valence electrons. The van der Waals surface area contributed by atoms with Crippen molar-refractivity contribution in [3.05, 3.63) is 0 Å². The molecule has 0 aromatic heterocycles. The van der Waals surface area contributed by atoms with Crippen LogP contribution in [-0.4, -0.2) is 36.6 Å². The Labute approximate surface area is 101 Å². The molecule has 0 bridgehead atoms. The fraction of sp³-hybridized carbons (Fsp3) is 1.00. The van der Waals surface area contributed by atoms with Crippen molar-refractivity contribution in [2.24, 2.45) is 5.92 Å². The molecule has 16 heavy (non-hydrogen) atoms. The Morgan fingerprint density at radius 3 is 2.31 bits per heavy atom. The molecule has 2 unspecified atom stereocenters. The highest BCUT2D eigenvalue weighted by atomic mass is 15.1. The Morgan fingerprint density at radius 2 is 1.69 bits per heavy atom. The molecular formula is C14H28N2. The van der Waals surface area contributed by atoms with Gasteiger partial charge in [0.25, 0.3) is 0 Å². The summed E-state index contributed by atoms with van der Waals surface area (Å²) >= 11 is 0. The van der Waals surface area contributed by atoms with Crippen molar-refractivity contribution in [2.45, 2.75) is 64.5 Å². The second-order valence-corrected chi connectivity index (χ2v) is 5.58. The zero-order valence-electron chi connectivity index (χ0n) is 11.0. The van der Waals surface area contributed by atoms with Crippen molar-refractivity contribution >= 4 is 0 Å². The summed E-state index contributed by atoms with van der Waals surface area (Å²) in [5.41, 5.74) is 0. The highest BCUT2D eigenvalue weighted by Crippen LogP contribution is 2.29. The van der Waals surface area contributed by atoms with Crippen LogP contribution in [0.1, 0.15) is 52.4 Å². The molecule has 0 spiro atoms. The molecule has 0 amide bonds. The molecule has 2 atom stereocenters. The maximum Gasteiger partial charge on any atom is 0.0110 e. The van der Waals surface area contributed by atoms with E-state index in [1.165, 1.54) is 58.2 Å². The van der Waals surface area contributed by atoms with E-state index >= 15 is 0 Å². The third kappa shape index (κ3) is 3.46. The van der Waals surface area contributed by atoms with Gasteiger partial charge in [-0.25, -0.2) is 0 Å². The van der Waals surface area contributed by atoms with Gasteiger partial charge in [0.05, 0.1) is 0 Å². The molecule has 0 aromatic carbocycles. The molecule has 1 N–H and O–H groups in total. The fourth-order valence-corrected chi connectivity index (χ4v) is 3.01.